The first-order valence-electron chi connectivity index (χ1n) is 11.8. The molecule has 9 heteroatoms. The van der Waals surface area contributed by atoms with Crippen LogP contribution in [0.15, 0.2) is 18.5 Å². The third-order valence-corrected chi connectivity index (χ3v) is 6.47. The van der Waals surface area contributed by atoms with Gasteiger partial charge in [-0.2, -0.15) is 4.98 Å². The molecule has 1 unspecified atom stereocenters. The molecule has 170 valence electrons. The molecule has 5 rings (SSSR count). The maximum Gasteiger partial charge on any atom is 0.243 e. The van der Waals surface area contributed by atoms with Crippen molar-refractivity contribution in [1.82, 2.24) is 29.9 Å². The van der Waals surface area contributed by atoms with Crippen LogP contribution < -0.4 is 21.3 Å². The zero-order chi connectivity index (χ0) is 22.1. The molecule has 1 atom stereocenters. The average molecular weight is 436 g/mol. The number of nitrogens with zero attached hydrogens (tertiary/aromatic N) is 6. The summed E-state index contributed by atoms with van der Waals surface area (Å²) in [4.78, 5) is 16.1. The number of aromatic nitrogens is 5. The van der Waals surface area contributed by atoms with Crippen molar-refractivity contribution < 1.29 is 0 Å². The van der Waals surface area contributed by atoms with Gasteiger partial charge in [0.2, 0.25) is 5.95 Å². The second kappa shape index (κ2) is 8.90. The molecule has 1 saturated heterocycles. The summed E-state index contributed by atoms with van der Waals surface area (Å²) in [5.41, 5.74) is 10.1. The molecule has 1 saturated carbocycles. The Bertz CT molecular complexity index is 1080. The molecule has 1 aliphatic carbocycles. The highest BCUT2D eigenvalue weighted by Gasteiger charge is 2.31. The van der Waals surface area contributed by atoms with Crippen LogP contribution >= 0.6 is 0 Å². The number of fused-ring (bicyclic) bond motifs is 1. The van der Waals surface area contributed by atoms with Crippen LogP contribution in [0.3, 0.4) is 0 Å². The summed E-state index contributed by atoms with van der Waals surface area (Å²) in [7, 11) is 0. The van der Waals surface area contributed by atoms with Crippen LogP contribution in [0.1, 0.15) is 49.4 Å². The van der Waals surface area contributed by atoms with Gasteiger partial charge in [-0.05, 0) is 43.2 Å². The average Bonchev–Trinajstić information content (AvgIpc) is 3.56. The zero-order valence-corrected chi connectivity index (χ0v) is 19.0. The molecule has 2 aliphatic rings. The molecule has 0 bridgehead atoms. The summed E-state index contributed by atoms with van der Waals surface area (Å²) < 4.78 is 1.83. The lowest BCUT2D eigenvalue weighted by molar-refractivity contribution is 0.571. The molecule has 9 nitrogen and oxygen atoms in total. The molecule has 32 heavy (non-hydrogen) atoms. The lowest BCUT2D eigenvalue weighted by atomic mass is 10.1. The molecule has 4 N–H and O–H groups in total. The minimum Gasteiger partial charge on any atom is -0.380 e. The van der Waals surface area contributed by atoms with Crippen molar-refractivity contribution in [2.45, 2.75) is 52.0 Å². The number of anilines is 3. The Kier molecular flexibility index (Phi) is 5.82. The minimum absolute atomic E-state index is 0.406. The Morgan fingerprint density at radius 3 is 2.75 bits per heavy atom. The van der Waals surface area contributed by atoms with Crippen molar-refractivity contribution in [2.75, 3.05) is 42.1 Å². The fourth-order valence-corrected chi connectivity index (χ4v) is 4.67. The number of hydrogen-bond donors (Lipinski definition) is 3. The highest BCUT2D eigenvalue weighted by atomic mass is 15.3. The summed E-state index contributed by atoms with van der Waals surface area (Å²) in [6.45, 7) is 8.34. The molecule has 1 aliphatic heterocycles. The molecular weight excluding hydrogens is 402 g/mol. The van der Waals surface area contributed by atoms with Crippen LogP contribution in [-0.4, -0.2) is 56.8 Å². The van der Waals surface area contributed by atoms with Crippen LogP contribution in [0.4, 0.5) is 17.6 Å². The van der Waals surface area contributed by atoms with E-state index in [-0.39, 0.29) is 0 Å². The van der Waals surface area contributed by atoms with E-state index < -0.39 is 0 Å². The number of nitrogens with one attached hydrogen (secondary N) is 2. The topological polar surface area (TPSA) is 109 Å². The van der Waals surface area contributed by atoms with E-state index >= 15 is 0 Å². The van der Waals surface area contributed by atoms with E-state index in [0.29, 0.717) is 29.9 Å². The van der Waals surface area contributed by atoms with Gasteiger partial charge >= 0.3 is 0 Å². The van der Waals surface area contributed by atoms with E-state index in [0.717, 1.165) is 62.0 Å². The van der Waals surface area contributed by atoms with Gasteiger partial charge in [-0.1, -0.05) is 19.4 Å². The van der Waals surface area contributed by atoms with Gasteiger partial charge in [0.05, 0.1) is 11.9 Å². The maximum atomic E-state index is 6.23. The van der Waals surface area contributed by atoms with Gasteiger partial charge in [0, 0.05) is 44.8 Å². The van der Waals surface area contributed by atoms with E-state index in [1.54, 1.807) is 0 Å². The van der Waals surface area contributed by atoms with Gasteiger partial charge in [0.15, 0.2) is 11.5 Å². The van der Waals surface area contributed by atoms with Gasteiger partial charge in [0.1, 0.15) is 5.82 Å². The van der Waals surface area contributed by atoms with E-state index in [1.165, 1.54) is 18.4 Å². The molecule has 3 aromatic heterocycles. The van der Waals surface area contributed by atoms with Crippen LogP contribution in [-0.2, 0) is 6.42 Å². The Balaban J connectivity index is 1.38. The number of rotatable bonds is 8. The molecular formula is C23H33N9. The number of nitrogen functional groups attached to an aromatic ring is 1. The van der Waals surface area contributed by atoms with E-state index in [9.17, 15) is 0 Å². The molecule has 0 spiro atoms. The van der Waals surface area contributed by atoms with Gasteiger partial charge in [-0.15, -0.1) is 5.10 Å². The molecule has 0 amide bonds. The Hall–Kier alpha value is -2.94. The standard InChI is InChI=1S/C23H33N9/c1-3-4-19(17-5-6-17)28-23-29-20(24)22-27-14-18(32(22)30-23)12-16-11-15(2)21(26-13-16)31-9-7-25-8-10-31/h11,13-14,17,19,25H,3-10,12H2,1-2H3,(H3,24,28,29,30). The van der Waals surface area contributed by atoms with Crippen LogP contribution in [0, 0.1) is 12.8 Å². The van der Waals surface area contributed by atoms with E-state index in [1.807, 2.05) is 16.9 Å². The lowest BCUT2D eigenvalue weighted by Crippen LogP contribution is -2.44. The number of imidazole rings is 1. The molecule has 3 aromatic rings. The highest BCUT2D eigenvalue weighted by molar-refractivity contribution is 5.61. The Morgan fingerprint density at radius 2 is 2.03 bits per heavy atom. The van der Waals surface area contributed by atoms with Crippen molar-refractivity contribution in [3.63, 3.8) is 0 Å². The highest BCUT2D eigenvalue weighted by Crippen LogP contribution is 2.36. The van der Waals surface area contributed by atoms with Crippen LogP contribution in [0.2, 0.25) is 0 Å². The number of pyridine rings is 1. The van der Waals surface area contributed by atoms with E-state index in [4.69, 9.17) is 15.8 Å². The second-order valence-corrected chi connectivity index (χ2v) is 9.08. The maximum absolute atomic E-state index is 6.23. The summed E-state index contributed by atoms with van der Waals surface area (Å²) in [6.07, 6.45) is 9.31. The minimum atomic E-state index is 0.406. The predicted molar refractivity (Wildman–Crippen MR) is 127 cm³/mol. The molecule has 2 fully saturated rings. The van der Waals surface area contributed by atoms with Crippen molar-refractivity contribution in [3.05, 3.63) is 35.3 Å². The third kappa shape index (κ3) is 4.34. The fraction of sp³-hybridized carbons (Fsp3) is 0.565. The van der Waals surface area contributed by atoms with Gasteiger partial charge in [0.25, 0.3) is 0 Å². The predicted octanol–water partition coefficient (Wildman–Crippen LogP) is 2.40. The summed E-state index contributed by atoms with van der Waals surface area (Å²) in [5, 5.41) is 11.7. The SMILES string of the molecule is CCCC(Nc1nc(N)c2ncc(Cc3cnc(N4CCNCC4)c(C)c3)n2n1)C1CC1. The third-order valence-electron chi connectivity index (χ3n) is 6.47. The largest absolute Gasteiger partial charge is 0.380 e. The summed E-state index contributed by atoms with van der Waals surface area (Å²) >= 11 is 0. The lowest BCUT2D eigenvalue weighted by Gasteiger charge is -2.29. The van der Waals surface area contributed by atoms with Crippen molar-refractivity contribution in [1.29, 1.82) is 0 Å². The molecule has 0 aromatic carbocycles. The first kappa shape index (κ1) is 20.9. The Labute approximate surface area is 188 Å². The molecule has 4 heterocycles. The monoisotopic (exact) mass is 435 g/mol. The first-order chi connectivity index (χ1) is 15.6. The quantitative estimate of drug-likeness (QED) is 0.495. The zero-order valence-electron chi connectivity index (χ0n) is 19.0. The fourth-order valence-electron chi connectivity index (χ4n) is 4.67. The van der Waals surface area contributed by atoms with Crippen molar-refractivity contribution in [2.24, 2.45) is 5.92 Å². The van der Waals surface area contributed by atoms with Crippen molar-refractivity contribution >= 4 is 23.2 Å². The van der Waals surface area contributed by atoms with Gasteiger partial charge < -0.3 is 21.3 Å². The number of nitrogens with two attached hydrogens (primary N) is 1. The van der Waals surface area contributed by atoms with E-state index in [2.05, 4.69) is 45.4 Å². The summed E-state index contributed by atoms with van der Waals surface area (Å²) in [6, 6.07) is 2.63. The van der Waals surface area contributed by atoms with Gasteiger partial charge in [-0.3, -0.25) is 0 Å². The number of aryl methyl sites for hydroxylation is 1. The Morgan fingerprint density at radius 1 is 1.22 bits per heavy atom. The second-order valence-electron chi connectivity index (χ2n) is 9.08. The number of hydrogen-bond acceptors (Lipinski definition) is 8. The summed E-state index contributed by atoms with van der Waals surface area (Å²) in [5.74, 6) is 2.79. The normalized spacial score (nSPS) is 17.6. The van der Waals surface area contributed by atoms with Crippen molar-refractivity contribution in [3.8, 4) is 0 Å². The number of piperazine rings is 1. The molecule has 0 radical (unpaired) electrons. The van der Waals surface area contributed by atoms with Gasteiger partial charge in [-0.25, -0.2) is 14.5 Å². The first-order valence-corrected chi connectivity index (χ1v) is 11.8. The van der Waals surface area contributed by atoms with Crippen LogP contribution in [0.5, 0.6) is 0 Å². The smallest absolute Gasteiger partial charge is 0.243 e. The van der Waals surface area contributed by atoms with Crippen LogP contribution in [0.25, 0.3) is 5.65 Å².